The number of anilines is 1. The van der Waals surface area contributed by atoms with Gasteiger partial charge >= 0.3 is 6.03 Å². The van der Waals surface area contributed by atoms with Gasteiger partial charge in [-0.05, 0) is 37.7 Å². The molecule has 3 N–H and O–H groups in total. The molecule has 0 aliphatic rings. The van der Waals surface area contributed by atoms with E-state index < -0.39 is 5.82 Å². The smallest absolute Gasteiger partial charge is 0.314 e. The van der Waals surface area contributed by atoms with Gasteiger partial charge in [0.25, 0.3) is 0 Å². The van der Waals surface area contributed by atoms with Gasteiger partial charge in [0, 0.05) is 24.5 Å². The average Bonchev–Trinajstić information content (AvgIpc) is 3.13. The molecule has 1 heterocycles. The number of likely N-dealkylation sites (N-methyl/N-ethyl adjacent to an activating group) is 1. The molecular weight excluding hydrogens is 353 g/mol. The van der Waals surface area contributed by atoms with Crippen LogP contribution >= 0.6 is 11.3 Å². The number of carbonyl (C=O) groups excluding carboxylic acids is 1. The zero-order chi connectivity index (χ0) is 18.9. The third-order valence-electron chi connectivity index (χ3n) is 3.80. The molecule has 0 saturated heterocycles. The van der Waals surface area contributed by atoms with Crippen LogP contribution in [0.1, 0.15) is 16.5 Å². The van der Waals surface area contributed by atoms with Crippen molar-refractivity contribution in [1.82, 2.24) is 15.5 Å². The maximum Gasteiger partial charge on any atom is 0.314 e. The van der Waals surface area contributed by atoms with Gasteiger partial charge in [-0.25, -0.2) is 9.18 Å². The van der Waals surface area contributed by atoms with Gasteiger partial charge in [-0.15, -0.1) is 11.3 Å². The second-order valence-corrected chi connectivity index (χ2v) is 6.81. The second kappa shape index (κ2) is 9.75. The number of halogens is 1. The van der Waals surface area contributed by atoms with Gasteiger partial charge in [-0.2, -0.15) is 5.26 Å². The highest BCUT2D eigenvalue weighted by atomic mass is 32.1. The first-order valence-electron chi connectivity index (χ1n) is 8.17. The first kappa shape index (κ1) is 19.7. The number of hydrogen-bond acceptors (Lipinski definition) is 5. The minimum absolute atomic E-state index is 0.0262. The summed E-state index contributed by atoms with van der Waals surface area (Å²) in [6.45, 7) is 1.22. The highest BCUT2D eigenvalue weighted by Gasteiger charge is 2.16. The number of amides is 2. The van der Waals surface area contributed by atoms with E-state index in [-0.39, 0.29) is 17.6 Å². The monoisotopic (exact) mass is 375 g/mol. The van der Waals surface area contributed by atoms with Crippen LogP contribution in [0.5, 0.6) is 0 Å². The molecule has 0 aliphatic carbocycles. The molecule has 1 atom stereocenters. The van der Waals surface area contributed by atoms with Gasteiger partial charge in [0.2, 0.25) is 0 Å². The Morgan fingerprint density at radius 1 is 1.27 bits per heavy atom. The first-order valence-corrected chi connectivity index (χ1v) is 9.05. The van der Waals surface area contributed by atoms with Crippen molar-refractivity contribution < 1.29 is 9.18 Å². The summed E-state index contributed by atoms with van der Waals surface area (Å²) in [7, 11) is 3.94. The molecule has 0 fully saturated rings. The van der Waals surface area contributed by atoms with Gasteiger partial charge < -0.3 is 20.9 Å². The summed E-state index contributed by atoms with van der Waals surface area (Å²) in [5.74, 6) is -0.563. The van der Waals surface area contributed by atoms with E-state index in [2.05, 4.69) is 20.9 Å². The van der Waals surface area contributed by atoms with E-state index in [0.29, 0.717) is 25.3 Å². The third kappa shape index (κ3) is 5.44. The number of urea groups is 1. The van der Waals surface area contributed by atoms with Crippen LogP contribution in [0.3, 0.4) is 0 Å². The number of nitrogens with zero attached hydrogens (tertiary/aromatic N) is 2. The number of nitriles is 1. The standard InChI is InChI=1S/C18H22FN5OS/c1-24(2)16(17-7-4-10-26-17)12-23-18(25)22-9-8-21-15-6-3-5-14(19)13(15)11-20/h3-7,10,16,21H,8-9,12H2,1-2H3,(H2,22,23,25). The molecule has 0 radical (unpaired) electrons. The Labute approximate surface area is 156 Å². The van der Waals surface area contributed by atoms with Crippen molar-refractivity contribution >= 4 is 23.1 Å². The number of thiophene rings is 1. The molecule has 1 aromatic heterocycles. The van der Waals surface area contributed by atoms with Crippen molar-refractivity contribution in [2.75, 3.05) is 39.0 Å². The Morgan fingerprint density at radius 3 is 2.73 bits per heavy atom. The number of benzene rings is 1. The molecule has 1 aromatic carbocycles. The van der Waals surface area contributed by atoms with Crippen LogP contribution < -0.4 is 16.0 Å². The Bertz CT molecular complexity index is 757. The van der Waals surface area contributed by atoms with Crippen molar-refractivity contribution in [2.45, 2.75) is 6.04 Å². The van der Waals surface area contributed by atoms with Gasteiger partial charge in [-0.1, -0.05) is 12.1 Å². The van der Waals surface area contributed by atoms with Crippen molar-refractivity contribution in [1.29, 1.82) is 5.26 Å². The minimum Gasteiger partial charge on any atom is -0.382 e. The van der Waals surface area contributed by atoms with E-state index in [4.69, 9.17) is 5.26 Å². The highest BCUT2D eigenvalue weighted by molar-refractivity contribution is 7.10. The normalized spacial score (nSPS) is 11.7. The van der Waals surface area contributed by atoms with Crippen LogP contribution in [-0.2, 0) is 0 Å². The lowest BCUT2D eigenvalue weighted by Crippen LogP contribution is -2.41. The summed E-state index contributed by atoms with van der Waals surface area (Å²) in [5.41, 5.74) is 0.391. The van der Waals surface area contributed by atoms with E-state index in [1.807, 2.05) is 37.7 Å². The van der Waals surface area contributed by atoms with Crippen molar-refractivity contribution in [2.24, 2.45) is 0 Å². The minimum atomic E-state index is -0.563. The van der Waals surface area contributed by atoms with Gasteiger partial charge in [0.05, 0.1) is 11.7 Å². The zero-order valence-corrected chi connectivity index (χ0v) is 15.6. The first-order chi connectivity index (χ1) is 12.5. The molecule has 2 aromatic rings. The largest absolute Gasteiger partial charge is 0.382 e. The topological polar surface area (TPSA) is 80.2 Å². The summed E-state index contributed by atoms with van der Waals surface area (Å²) in [6.07, 6.45) is 0. The Balaban J connectivity index is 1.74. The highest BCUT2D eigenvalue weighted by Crippen LogP contribution is 2.22. The molecule has 6 nitrogen and oxygen atoms in total. The number of nitrogens with one attached hydrogen (secondary N) is 3. The number of rotatable bonds is 8. The predicted molar refractivity (Wildman–Crippen MR) is 102 cm³/mol. The number of carbonyl (C=O) groups is 1. The Hall–Kier alpha value is -2.63. The summed E-state index contributed by atoms with van der Waals surface area (Å²) < 4.78 is 13.5. The fraction of sp³-hybridized carbons (Fsp3) is 0.333. The van der Waals surface area contributed by atoms with Gasteiger partial charge in [0.15, 0.2) is 0 Å². The molecule has 8 heteroatoms. The zero-order valence-electron chi connectivity index (χ0n) is 14.8. The maximum atomic E-state index is 13.5. The molecule has 2 amide bonds. The van der Waals surface area contributed by atoms with E-state index in [1.165, 1.54) is 17.0 Å². The van der Waals surface area contributed by atoms with Gasteiger partial charge in [-0.3, -0.25) is 0 Å². The van der Waals surface area contributed by atoms with E-state index in [9.17, 15) is 9.18 Å². The van der Waals surface area contributed by atoms with Crippen molar-refractivity contribution in [3.8, 4) is 6.07 Å². The SMILES string of the molecule is CN(C)C(CNC(=O)NCCNc1cccc(F)c1C#N)c1cccs1. The molecule has 138 valence electrons. The molecule has 0 saturated carbocycles. The van der Waals surface area contributed by atoms with Crippen molar-refractivity contribution in [3.63, 3.8) is 0 Å². The Morgan fingerprint density at radius 2 is 2.08 bits per heavy atom. The fourth-order valence-electron chi connectivity index (χ4n) is 2.43. The van der Waals surface area contributed by atoms with E-state index in [1.54, 1.807) is 17.4 Å². The summed E-state index contributed by atoms with van der Waals surface area (Å²) in [5, 5.41) is 19.5. The lowest BCUT2D eigenvalue weighted by molar-refractivity contribution is 0.233. The summed E-state index contributed by atoms with van der Waals surface area (Å²) >= 11 is 1.65. The van der Waals surface area contributed by atoms with Crippen LogP contribution in [0.4, 0.5) is 14.9 Å². The number of hydrogen-bond donors (Lipinski definition) is 3. The van der Waals surface area contributed by atoms with E-state index >= 15 is 0 Å². The maximum absolute atomic E-state index is 13.5. The summed E-state index contributed by atoms with van der Waals surface area (Å²) in [4.78, 5) is 15.2. The van der Waals surface area contributed by atoms with E-state index in [0.717, 1.165) is 0 Å². The molecule has 26 heavy (non-hydrogen) atoms. The Kier molecular flexibility index (Phi) is 7.38. The fourth-order valence-corrected chi connectivity index (χ4v) is 3.35. The molecule has 0 aliphatic heterocycles. The lowest BCUT2D eigenvalue weighted by Gasteiger charge is -2.23. The van der Waals surface area contributed by atoms with Crippen LogP contribution in [0.2, 0.25) is 0 Å². The molecular formula is C18H22FN5OS. The lowest BCUT2D eigenvalue weighted by atomic mass is 10.2. The van der Waals surface area contributed by atoms with Crippen LogP contribution in [0.25, 0.3) is 0 Å². The van der Waals surface area contributed by atoms with Crippen LogP contribution in [-0.4, -0.2) is 44.7 Å². The van der Waals surface area contributed by atoms with Crippen molar-refractivity contribution in [3.05, 3.63) is 52.0 Å². The molecule has 1 unspecified atom stereocenters. The average molecular weight is 375 g/mol. The summed E-state index contributed by atoms with van der Waals surface area (Å²) in [6, 6.07) is 10.1. The molecule has 0 bridgehead atoms. The molecule has 0 spiro atoms. The van der Waals surface area contributed by atoms with Gasteiger partial charge in [0.1, 0.15) is 17.4 Å². The van der Waals surface area contributed by atoms with Crippen LogP contribution in [0.15, 0.2) is 35.7 Å². The second-order valence-electron chi connectivity index (χ2n) is 5.83. The van der Waals surface area contributed by atoms with Crippen LogP contribution in [0, 0.1) is 17.1 Å². The quantitative estimate of drug-likeness (QED) is 0.620. The molecule has 2 rings (SSSR count). The predicted octanol–water partition coefficient (Wildman–Crippen LogP) is 2.77. The third-order valence-corrected chi connectivity index (χ3v) is 4.78.